The molecule has 2 aromatic heterocycles. The Morgan fingerprint density at radius 2 is 2.29 bits per heavy atom. The number of rotatable bonds is 3. The molecule has 0 aromatic carbocycles. The maximum atomic E-state index is 10.8. The predicted molar refractivity (Wildman–Crippen MR) is 69.6 cm³/mol. The zero-order valence-corrected chi connectivity index (χ0v) is 12.0. The Labute approximate surface area is 113 Å². The van der Waals surface area contributed by atoms with Crippen LogP contribution >= 0.6 is 31.9 Å². The SMILES string of the molecule is Cc1nc2c([N+](=O)[O-])cnn2c(Br)c1CCBr. The third-order valence-corrected chi connectivity index (χ3v) is 3.62. The fraction of sp³-hybridized carbons (Fsp3) is 0.333. The first kappa shape index (κ1) is 12.4. The predicted octanol–water partition coefficient (Wildman–Crippen LogP) is 2.65. The first-order valence-electron chi connectivity index (χ1n) is 4.79. The molecule has 8 heteroatoms. The summed E-state index contributed by atoms with van der Waals surface area (Å²) in [6.45, 7) is 1.83. The molecule has 0 spiro atoms. The van der Waals surface area contributed by atoms with E-state index in [1.165, 1.54) is 10.7 Å². The first-order chi connectivity index (χ1) is 8.06. The van der Waals surface area contributed by atoms with Crippen LogP contribution in [0, 0.1) is 17.0 Å². The summed E-state index contributed by atoms with van der Waals surface area (Å²) in [5, 5.41) is 15.6. The van der Waals surface area contributed by atoms with Crippen LogP contribution in [0.5, 0.6) is 0 Å². The Hall–Kier alpha value is -1.02. The number of hydrogen-bond acceptors (Lipinski definition) is 4. The van der Waals surface area contributed by atoms with E-state index in [1.807, 2.05) is 6.92 Å². The molecule has 0 N–H and O–H groups in total. The average molecular weight is 364 g/mol. The summed E-state index contributed by atoms with van der Waals surface area (Å²) in [5.41, 5.74) is 1.94. The second-order valence-corrected chi connectivity index (χ2v) is 4.97. The molecular formula is C9H8Br2N4O2. The fourth-order valence-electron chi connectivity index (χ4n) is 1.59. The topological polar surface area (TPSA) is 73.3 Å². The van der Waals surface area contributed by atoms with Gasteiger partial charge in [-0.25, -0.2) is 9.50 Å². The maximum absolute atomic E-state index is 10.8. The lowest BCUT2D eigenvalue weighted by Crippen LogP contribution is -2.04. The minimum atomic E-state index is -0.481. The van der Waals surface area contributed by atoms with Gasteiger partial charge < -0.3 is 0 Å². The van der Waals surface area contributed by atoms with Gasteiger partial charge in [0, 0.05) is 16.6 Å². The van der Waals surface area contributed by atoms with E-state index >= 15 is 0 Å². The highest BCUT2D eigenvalue weighted by atomic mass is 79.9. The van der Waals surface area contributed by atoms with E-state index in [0.29, 0.717) is 4.60 Å². The Balaban J connectivity index is 2.74. The summed E-state index contributed by atoms with van der Waals surface area (Å²) in [6.07, 6.45) is 1.99. The molecule has 0 radical (unpaired) electrons. The van der Waals surface area contributed by atoms with Crippen LogP contribution in [0.4, 0.5) is 5.69 Å². The van der Waals surface area contributed by atoms with E-state index in [0.717, 1.165) is 23.0 Å². The van der Waals surface area contributed by atoms with Crippen molar-refractivity contribution in [2.24, 2.45) is 0 Å². The third-order valence-electron chi connectivity index (χ3n) is 2.41. The molecule has 0 aliphatic carbocycles. The van der Waals surface area contributed by atoms with E-state index in [-0.39, 0.29) is 11.3 Å². The van der Waals surface area contributed by atoms with Gasteiger partial charge in [0.05, 0.1) is 4.92 Å². The molecular weight excluding hydrogens is 356 g/mol. The van der Waals surface area contributed by atoms with E-state index in [4.69, 9.17) is 0 Å². The summed E-state index contributed by atoms with van der Waals surface area (Å²) in [7, 11) is 0. The van der Waals surface area contributed by atoms with Gasteiger partial charge >= 0.3 is 5.69 Å². The van der Waals surface area contributed by atoms with Gasteiger partial charge in [-0.3, -0.25) is 10.1 Å². The summed E-state index contributed by atoms with van der Waals surface area (Å²) in [4.78, 5) is 14.6. The zero-order valence-electron chi connectivity index (χ0n) is 8.85. The van der Waals surface area contributed by atoms with Crippen molar-refractivity contribution < 1.29 is 4.92 Å². The van der Waals surface area contributed by atoms with Crippen molar-refractivity contribution in [3.63, 3.8) is 0 Å². The number of nitro groups is 1. The first-order valence-corrected chi connectivity index (χ1v) is 6.70. The number of hydrogen-bond donors (Lipinski definition) is 0. The largest absolute Gasteiger partial charge is 0.333 e. The molecule has 2 heterocycles. The molecule has 0 saturated carbocycles. The van der Waals surface area contributed by atoms with Crippen molar-refractivity contribution >= 4 is 43.2 Å². The monoisotopic (exact) mass is 362 g/mol. The molecule has 90 valence electrons. The Kier molecular flexibility index (Phi) is 3.43. The maximum Gasteiger partial charge on any atom is 0.333 e. The molecule has 0 saturated heterocycles. The van der Waals surface area contributed by atoms with Crippen molar-refractivity contribution in [1.29, 1.82) is 0 Å². The van der Waals surface area contributed by atoms with E-state index in [9.17, 15) is 10.1 Å². The van der Waals surface area contributed by atoms with Gasteiger partial charge in [0.1, 0.15) is 10.8 Å². The van der Waals surface area contributed by atoms with Crippen molar-refractivity contribution in [3.8, 4) is 0 Å². The lowest BCUT2D eigenvalue weighted by Gasteiger charge is -2.07. The molecule has 0 amide bonds. The van der Waals surface area contributed by atoms with Gasteiger partial charge in [0.15, 0.2) is 0 Å². The van der Waals surface area contributed by atoms with Crippen LogP contribution in [0.15, 0.2) is 10.8 Å². The number of fused-ring (bicyclic) bond motifs is 1. The van der Waals surface area contributed by atoms with Crippen molar-refractivity contribution in [2.75, 3.05) is 5.33 Å². The number of nitrogens with zero attached hydrogens (tertiary/aromatic N) is 4. The van der Waals surface area contributed by atoms with Crippen LogP contribution in [0.2, 0.25) is 0 Å². The average Bonchev–Trinajstić information content (AvgIpc) is 2.68. The van der Waals surface area contributed by atoms with Gasteiger partial charge in [-0.1, -0.05) is 15.9 Å². The smallest absolute Gasteiger partial charge is 0.258 e. The highest BCUT2D eigenvalue weighted by molar-refractivity contribution is 9.10. The molecule has 2 aromatic rings. The van der Waals surface area contributed by atoms with Crippen LogP contribution < -0.4 is 0 Å². The number of aromatic nitrogens is 3. The zero-order chi connectivity index (χ0) is 12.6. The van der Waals surface area contributed by atoms with Gasteiger partial charge in [0.25, 0.3) is 0 Å². The van der Waals surface area contributed by atoms with Crippen LogP contribution in [0.25, 0.3) is 5.65 Å². The minimum Gasteiger partial charge on any atom is -0.258 e. The summed E-state index contributed by atoms with van der Waals surface area (Å²) in [6, 6.07) is 0. The van der Waals surface area contributed by atoms with Crippen LogP contribution in [-0.4, -0.2) is 24.9 Å². The van der Waals surface area contributed by atoms with Crippen molar-refractivity contribution in [1.82, 2.24) is 14.6 Å². The molecule has 17 heavy (non-hydrogen) atoms. The Morgan fingerprint density at radius 3 is 2.88 bits per heavy atom. The third kappa shape index (κ3) is 2.06. The highest BCUT2D eigenvalue weighted by Gasteiger charge is 2.20. The second-order valence-electron chi connectivity index (χ2n) is 3.43. The molecule has 0 bridgehead atoms. The summed E-state index contributed by atoms with van der Waals surface area (Å²) >= 11 is 6.77. The summed E-state index contributed by atoms with van der Waals surface area (Å²) in [5.74, 6) is 0. The number of alkyl halides is 1. The lowest BCUT2D eigenvalue weighted by molar-refractivity contribution is -0.383. The van der Waals surface area contributed by atoms with Gasteiger partial charge in [-0.2, -0.15) is 5.10 Å². The van der Waals surface area contributed by atoms with E-state index < -0.39 is 4.92 Å². The van der Waals surface area contributed by atoms with Crippen molar-refractivity contribution in [2.45, 2.75) is 13.3 Å². The second kappa shape index (κ2) is 4.69. The van der Waals surface area contributed by atoms with Gasteiger partial charge in [-0.15, -0.1) is 0 Å². The van der Waals surface area contributed by atoms with Crippen LogP contribution in [-0.2, 0) is 6.42 Å². The molecule has 6 nitrogen and oxygen atoms in total. The lowest BCUT2D eigenvalue weighted by atomic mass is 10.2. The molecule has 2 rings (SSSR count). The molecule has 0 fully saturated rings. The number of halogens is 2. The van der Waals surface area contributed by atoms with Crippen LogP contribution in [0.1, 0.15) is 11.3 Å². The Morgan fingerprint density at radius 1 is 1.59 bits per heavy atom. The molecule has 0 aliphatic heterocycles. The van der Waals surface area contributed by atoms with E-state index in [2.05, 4.69) is 41.9 Å². The fourth-order valence-corrected chi connectivity index (χ4v) is 2.73. The minimum absolute atomic E-state index is 0.0841. The normalized spacial score (nSPS) is 11.0. The number of aryl methyl sites for hydroxylation is 1. The Bertz CT molecular complexity index is 596. The van der Waals surface area contributed by atoms with Crippen molar-refractivity contribution in [3.05, 3.63) is 32.2 Å². The van der Waals surface area contributed by atoms with Gasteiger partial charge in [0.2, 0.25) is 5.65 Å². The molecule has 0 unspecified atom stereocenters. The van der Waals surface area contributed by atoms with E-state index in [1.54, 1.807) is 0 Å². The molecule has 0 aliphatic rings. The molecule has 0 atom stereocenters. The highest BCUT2D eigenvalue weighted by Crippen LogP contribution is 2.26. The quantitative estimate of drug-likeness (QED) is 0.363. The van der Waals surface area contributed by atoms with Gasteiger partial charge in [-0.05, 0) is 29.3 Å². The standard InChI is InChI=1S/C9H8Br2N4O2/c1-5-6(2-3-10)8(11)14-9(13-5)7(4-12-14)15(16)17/h4H,2-3H2,1H3. The van der Waals surface area contributed by atoms with Crippen LogP contribution in [0.3, 0.4) is 0 Å². The summed E-state index contributed by atoms with van der Waals surface area (Å²) < 4.78 is 2.16.